The maximum Gasteiger partial charge on any atom is 0.414 e. The highest BCUT2D eigenvalue weighted by Gasteiger charge is 2.12. The summed E-state index contributed by atoms with van der Waals surface area (Å²) in [5.74, 6) is -3.65. The molecule has 3 aromatic rings. The van der Waals surface area contributed by atoms with E-state index in [0.29, 0.717) is 0 Å². The van der Waals surface area contributed by atoms with Crippen molar-refractivity contribution >= 4 is 23.5 Å². The Morgan fingerprint density at radius 2 is 1.70 bits per heavy atom. The average molecular weight is 474 g/mol. The Hall–Kier alpha value is -3.20. The molecular formula is C24H28ClN3O5. The van der Waals surface area contributed by atoms with Crippen molar-refractivity contribution in [2.24, 2.45) is 0 Å². The number of para-hydroxylation sites is 1. The Morgan fingerprint density at radius 3 is 2.27 bits per heavy atom. The van der Waals surface area contributed by atoms with Crippen LogP contribution in [0, 0.1) is 0 Å². The molecule has 0 fully saturated rings. The SMILES string of the molecule is CC(C)OCCCNCc1cn(-c2ccccc2)nc1-c1ccc(Cl)cc1.O=C(O)C(=O)O. The first kappa shape index (κ1) is 26.1. The summed E-state index contributed by atoms with van der Waals surface area (Å²) in [6.45, 7) is 6.56. The van der Waals surface area contributed by atoms with E-state index in [1.807, 2.05) is 47.1 Å². The third-order valence-electron chi connectivity index (χ3n) is 4.38. The molecule has 0 bridgehead atoms. The van der Waals surface area contributed by atoms with Crippen LogP contribution < -0.4 is 5.32 Å². The van der Waals surface area contributed by atoms with Crippen molar-refractivity contribution in [2.45, 2.75) is 32.9 Å². The zero-order chi connectivity index (χ0) is 24.2. The predicted octanol–water partition coefficient (Wildman–Crippen LogP) is 4.25. The molecule has 0 aliphatic rings. The van der Waals surface area contributed by atoms with Crippen LogP contribution in [0.15, 0.2) is 60.8 Å². The first-order valence-corrected chi connectivity index (χ1v) is 10.8. The smallest absolute Gasteiger partial charge is 0.414 e. The van der Waals surface area contributed by atoms with E-state index < -0.39 is 11.9 Å². The van der Waals surface area contributed by atoms with Gasteiger partial charge in [-0.2, -0.15) is 5.10 Å². The summed E-state index contributed by atoms with van der Waals surface area (Å²) in [7, 11) is 0. The number of nitrogens with one attached hydrogen (secondary N) is 1. The number of benzene rings is 2. The fourth-order valence-corrected chi connectivity index (χ4v) is 2.97. The van der Waals surface area contributed by atoms with Gasteiger partial charge in [-0.25, -0.2) is 14.3 Å². The van der Waals surface area contributed by atoms with Gasteiger partial charge in [-0.05, 0) is 51.1 Å². The molecule has 1 heterocycles. The summed E-state index contributed by atoms with van der Waals surface area (Å²) in [5, 5.41) is 23.8. The third-order valence-corrected chi connectivity index (χ3v) is 4.63. The van der Waals surface area contributed by atoms with E-state index in [4.69, 9.17) is 41.2 Å². The molecule has 1 aromatic heterocycles. The van der Waals surface area contributed by atoms with Gasteiger partial charge in [0.25, 0.3) is 0 Å². The van der Waals surface area contributed by atoms with Gasteiger partial charge in [0.05, 0.1) is 17.5 Å². The number of nitrogens with zero attached hydrogens (tertiary/aromatic N) is 2. The molecule has 9 heteroatoms. The highest BCUT2D eigenvalue weighted by atomic mass is 35.5. The Kier molecular flexibility index (Phi) is 10.6. The molecule has 0 amide bonds. The normalized spacial score (nSPS) is 10.5. The topological polar surface area (TPSA) is 114 Å². The monoisotopic (exact) mass is 473 g/mol. The van der Waals surface area contributed by atoms with Crippen molar-refractivity contribution < 1.29 is 24.5 Å². The summed E-state index contributed by atoms with van der Waals surface area (Å²) in [6, 6.07) is 18.0. The molecule has 0 saturated heterocycles. The summed E-state index contributed by atoms with van der Waals surface area (Å²) >= 11 is 6.04. The summed E-state index contributed by atoms with van der Waals surface area (Å²) in [4.78, 5) is 18.2. The van der Waals surface area contributed by atoms with Gasteiger partial charge in [0.1, 0.15) is 0 Å². The van der Waals surface area contributed by atoms with Gasteiger partial charge in [-0.3, -0.25) is 0 Å². The fraction of sp³-hybridized carbons (Fsp3) is 0.292. The quantitative estimate of drug-likeness (QED) is 0.314. The van der Waals surface area contributed by atoms with E-state index in [0.717, 1.165) is 53.6 Å². The zero-order valence-electron chi connectivity index (χ0n) is 18.6. The van der Waals surface area contributed by atoms with Crippen molar-refractivity contribution in [3.05, 3.63) is 71.4 Å². The molecule has 0 saturated carbocycles. The molecule has 0 aliphatic carbocycles. The van der Waals surface area contributed by atoms with Crippen LogP contribution in [-0.4, -0.2) is 51.2 Å². The molecule has 176 valence electrons. The number of aliphatic carboxylic acids is 2. The molecule has 2 aromatic carbocycles. The molecule has 0 atom stereocenters. The Balaban J connectivity index is 0.000000569. The summed E-state index contributed by atoms with van der Waals surface area (Å²) in [5.41, 5.74) is 4.24. The first-order valence-electron chi connectivity index (χ1n) is 10.5. The van der Waals surface area contributed by atoms with E-state index >= 15 is 0 Å². The second-order valence-electron chi connectivity index (χ2n) is 7.35. The van der Waals surface area contributed by atoms with Crippen LogP contribution in [0.3, 0.4) is 0 Å². The minimum absolute atomic E-state index is 0.283. The van der Waals surface area contributed by atoms with E-state index in [1.165, 1.54) is 0 Å². The van der Waals surface area contributed by atoms with E-state index in [-0.39, 0.29) is 6.10 Å². The number of hydrogen-bond donors (Lipinski definition) is 3. The second-order valence-corrected chi connectivity index (χ2v) is 7.79. The minimum atomic E-state index is -1.82. The summed E-state index contributed by atoms with van der Waals surface area (Å²) < 4.78 is 7.52. The van der Waals surface area contributed by atoms with E-state index in [1.54, 1.807) is 0 Å². The van der Waals surface area contributed by atoms with Crippen LogP contribution in [0.5, 0.6) is 0 Å². The van der Waals surface area contributed by atoms with Gasteiger partial charge < -0.3 is 20.3 Å². The largest absolute Gasteiger partial charge is 0.473 e. The fourth-order valence-electron chi connectivity index (χ4n) is 2.84. The number of hydrogen-bond acceptors (Lipinski definition) is 5. The van der Waals surface area contributed by atoms with Crippen molar-refractivity contribution in [3.8, 4) is 16.9 Å². The van der Waals surface area contributed by atoms with Gasteiger partial charge >= 0.3 is 11.9 Å². The molecule has 8 nitrogen and oxygen atoms in total. The average Bonchev–Trinajstić information content (AvgIpc) is 3.21. The van der Waals surface area contributed by atoms with E-state index in [2.05, 4.69) is 37.5 Å². The maximum atomic E-state index is 9.10. The Morgan fingerprint density at radius 1 is 1.06 bits per heavy atom. The van der Waals surface area contributed by atoms with Crippen molar-refractivity contribution in [1.29, 1.82) is 0 Å². The maximum absolute atomic E-state index is 9.10. The van der Waals surface area contributed by atoms with Crippen LogP contribution in [0.25, 0.3) is 16.9 Å². The van der Waals surface area contributed by atoms with Crippen molar-refractivity contribution in [1.82, 2.24) is 15.1 Å². The third kappa shape index (κ3) is 9.05. The van der Waals surface area contributed by atoms with Crippen molar-refractivity contribution in [2.75, 3.05) is 13.2 Å². The molecular weight excluding hydrogens is 446 g/mol. The standard InChI is InChI=1S/C22H26ClN3O.C2H2O4/c1-17(2)27-14-6-13-24-15-19-16-26(21-7-4-3-5-8-21)25-22(19)18-9-11-20(23)12-10-18;3-1(4)2(5)6/h3-5,7-12,16-17,24H,6,13-15H2,1-2H3;(H,3,4)(H,5,6). The number of ether oxygens (including phenoxy) is 1. The van der Waals surface area contributed by atoms with Gasteiger partial charge in [0.2, 0.25) is 0 Å². The number of aromatic nitrogens is 2. The first-order chi connectivity index (χ1) is 15.8. The second kappa shape index (κ2) is 13.4. The Labute approximate surface area is 197 Å². The van der Waals surface area contributed by atoms with E-state index in [9.17, 15) is 0 Å². The van der Waals surface area contributed by atoms with Gasteiger partial charge in [-0.1, -0.05) is 41.9 Å². The number of rotatable bonds is 9. The van der Waals surface area contributed by atoms with Crippen LogP contribution in [0.2, 0.25) is 5.02 Å². The molecule has 3 N–H and O–H groups in total. The lowest BCUT2D eigenvalue weighted by atomic mass is 10.1. The summed E-state index contributed by atoms with van der Waals surface area (Å²) in [6.07, 6.45) is 3.36. The number of carboxylic acids is 2. The van der Waals surface area contributed by atoms with Gasteiger partial charge in [0.15, 0.2) is 0 Å². The molecule has 33 heavy (non-hydrogen) atoms. The van der Waals surface area contributed by atoms with Gasteiger partial charge in [-0.15, -0.1) is 0 Å². The van der Waals surface area contributed by atoms with Crippen LogP contribution in [-0.2, 0) is 20.9 Å². The lowest BCUT2D eigenvalue weighted by Gasteiger charge is -2.08. The lowest BCUT2D eigenvalue weighted by Crippen LogP contribution is -2.17. The molecule has 3 rings (SSSR count). The predicted molar refractivity (Wildman–Crippen MR) is 127 cm³/mol. The van der Waals surface area contributed by atoms with Crippen LogP contribution in [0.1, 0.15) is 25.8 Å². The zero-order valence-corrected chi connectivity index (χ0v) is 19.3. The highest BCUT2D eigenvalue weighted by molar-refractivity contribution is 6.30. The molecule has 0 radical (unpaired) electrons. The van der Waals surface area contributed by atoms with Gasteiger partial charge in [0, 0.05) is 35.5 Å². The van der Waals surface area contributed by atoms with Crippen LogP contribution >= 0.6 is 11.6 Å². The van der Waals surface area contributed by atoms with Crippen LogP contribution in [0.4, 0.5) is 0 Å². The Bertz CT molecular complexity index is 1010. The molecule has 0 aliphatic heterocycles. The number of halogens is 1. The molecule has 0 spiro atoms. The van der Waals surface area contributed by atoms with Crippen molar-refractivity contribution in [3.63, 3.8) is 0 Å². The molecule has 0 unspecified atom stereocenters. The number of carbonyl (C=O) groups is 2. The highest BCUT2D eigenvalue weighted by Crippen LogP contribution is 2.25. The number of carboxylic acid groups (broad SMARTS) is 2. The lowest BCUT2D eigenvalue weighted by molar-refractivity contribution is -0.159. The minimum Gasteiger partial charge on any atom is -0.473 e.